The van der Waals surface area contributed by atoms with Crippen LogP contribution in [-0.4, -0.2) is 23.5 Å². The molecule has 0 atom stereocenters. The zero-order chi connectivity index (χ0) is 10.6. The van der Waals surface area contributed by atoms with Gasteiger partial charge < -0.3 is 12.7 Å². The number of carbonyl (C=O) groups excluding carboxylic acids is 2. The molecule has 76 valence electrons. The Morgan fingerprint density at radius 2 is 1.75 bits per heavy atom. The Bertz CT molecular complexity index is 402. The predicted octanol–water partition coefficient (Wildman–Crippen LogP) is -5.07. The van der Waals surface area contributed by atoms with Gasteiger partial charge in [-0.15, -0.1) is 0 Å². The molecule has 0 amide bonds. The fourth-order valence-corrected chi connectivity index (χ4v) is 0.955. The third-order valence-electron chi connectivity index (χ3n) is 1.53. The molecular weight excluding hydrogens is 250 g/mol. The summed E-state index contributed by atoms with van der Waals surface area (Å²) in [6.07, 6.45) is 0. The number of hydrogen-bond acceptors (Lipinski definition) is 4. The fraction of sp³-hybridized carbons (Fsp3) is 0. The summed E-state index contributed by atoms with van der Waals surface area (Å²) >= 11 is 0. The molecule has 0 saturated heterocycles. The molecule has 0 aliphatic carbocycles. The van der Waals surface area contributed by atoms with Crippen LogP contribution in [0, 0.1) is 0 Å². The van der Waals surface area contributed by atoms with Gasteiger partial charge in [0.2, 0.25) is 0 Å². The van der Waals surface area contributed by atoms with Crippen LogP contribution in [0.3, 0.4) is 0 Å². The van der Waals surface area contributed by atoms with Gasteiger partial charge in [-0.3, -0.25) is 4.79 Å². The number of carboxylic acids is 1. The SMILES string of the molecule is O=COC(=O)c1ccccc1C(=O)O.[H-].[H-].[K+].[Na+]. The Labute approximate surface area is 159 Å². The molecule has 0 fully saturated rings. The number of rotatable bonds is 3. The predicted molar refractivity (Wildman–Crippen MR) is 47.1 cm³/mol. The first-order chi connectivity index (χ1) is 6.66. The Hall–Kier alpha value is 0.466. The summed E-state index contributed by atoms with van der Waals surface area (Å²) in [5, 5.41) is 8.69. The van der Waals surface area contributed by atoms with Crippen LogP contribution in [0.4, 0.5) is 0 Å². The van der Waals surface area contributed by atoms with Crippen molar-refractivity contribution in [2.45, 2.75) is 0 Å². The minimum absolute atomic E-state index is 0. The molecule has 7 heteroatoms. The molecule has 0 aliphatic heterocycles. The van der Waals surface area contributed by atoms with Gasteiger partial charge in [-0.1, -0.05) is 12.1 Å². The summed E-state index contributed by atoms with van der Waals surface area (Å²) in [6.45, 7) is -0.0407. The summed E-state index contributed by atoms with van der Waals surface area (Å²) in [7, 11) is 0. The molecule has 5 nitrogen and oxygen atoms in total. The van der Waals surface area contributed by atoms with E-state index in [1.165, 1.54) is 24.3 Å². The summed E-state index contributed by atoms with van der Waals surface area (Å²) < 4.78 is 4.04. The molecule has 1 aromatic rings. The van der Waals surface area contributed by atoms with Gasteiger partial charge in [-0.05, 0) is 12.1 Å². The molecule has 0 aliphatic rings. The van der Waals surface area contributed by atoms with E-state index in [9.17, 15) is 14.4 Å². The van der Waals surface area contributed by atoms with Crippen molar-refractivity contribution in [1.82, 2.24) is 0 Å². The van der Waals surface area contributed by atoms with Crippen molar-refractivity contribution in [3.8, 4) is 0 Å². The zero-order valence-electron chi connectivity index (χ0n) is 11.0. The summed E-state index contributed by atoms with van der Waals surface area (Å²) in [5.74, 6) is -2.22. The van der Waals surface area contributed by atoms with E-state index in [0.717, 1.165) is 0 Å². The molecule has 0 bridgehead atoms. The van der Waals surface area contributed by atoms with Gasteiger partial charge in [0.15, 0.2) is 0 Å². The van der Waals surface area contributed by atoms with Gasteiger partial charge >= 0.3 is 99.4 Å². The molecule has 1 N–H and O–H groups in total. The van der Waals surface area contributed by atoms with Gasteiger partial charge in [0.25, 0.3) is 0 Å². The molecule has 0 aromatic heterocycles. The normalized spacial score (nSPS) is 8.00. The molecule has 0 unspecified atom stereocenters. The van der Waals surface area contributed by atoms with Gasteiger partial charge in [0, 0.05) is 0 Å². The van der Waals surface area contributed by atoms with Crippen LogP contribution in [0.1, 0.15) is 23.6 Å². The van der Waals surface area contributed by atoms with Gasteiger partial charge in [0.05, 0.1) is 11.1 Å². The van der Waals surface area contributed by atoms with Gasteiger partial charge in [-0.25, -0.2) is 9.59 Å². The van der Waals surface area contributed by atoms with Crippen LogP contribution in [0.25, 0.3) is 0 Å². The summed E-state index contributed by atoms with van der Waals surface area (Å²) in [6, 6.07) is 5.48. The molecule has 1 aromatic carbocycles. The van der Waals surface area contributed by atoms with Crippen molar-refractivity contribution >= 4 is 18.4 Å². The van der Waals surface area contributed by atoms with Gasteiger partial charge in [-0.2, -0.15) is 0 Å². The van der Waals surface area contributed by atoms with E-state index in [1.807, 2.05) is 0 Å². The minimum atomic E-state index is -1.25. The average Bonchev–Trinajstić information content (AvgIpc) is 2.18. The first kappa shape index (κ1) is 18.8. The monoisotopic (exact) mass is 258 g/mol. The Morgan fingerprint density at radius 3 is 2.19 bits per heavy atom. The van der Waals surface area contributed by atoms with Crippen molar-refractivity contribution in [3.05, 3.63) is 35.4 Å². The topological polar surface area (TPSA) is 80.7 Å². The maximum atomic E-state index is 11.1. The molecular formula is C9H8KNaO5. The maximum Gasteiger partial charge on any atom is 1.00 e. The van der Waals surface area contributed by atoms with E-state index in [4.69, 9.17) is 5.11 Å². The molecule has 1 rings (SSSR count). The van der Waals surface area contributed by atoms with E-state index >= 15 is 0 Å². The number of ether oxygens (including phenoxy) is 1. The second-order valence-electron chi connectivity index (χ2n) is 2.35. The van der Waals surface area contributed by atoms with Crippen LogP contribution in [-0.2, 0) is 9.53 Å². The van der Waals surface area contributed by atoms with Crippen molar-refractivity contribution in [1.29, 1.82) is 0 Å². The van der Waals surface area contributed by atoms with Crippen molar-refractivity contribution in [2.24, 2.45) is 0 Å². The van der Waals surface area contributed by atoms with Crippen LogP contribution >= 0.6 is 0 Å². The third-order valence-corrected chi connectivity index (χ3v) is 1.53. The quantitative estimate of drug-likeness (QED) is 0.254. The van der Waals surface area contributed by atoms with E-state index in [-0.39, 0.29) is 101 Å². The van der Waals surface area contributed by atoms with E-state index in [1.54, 1.807) is 0 Å². The number of carboxylic acid groups (broad SMARTS) is 1. The Morgan fingerprint density at radius 1 is 1.25 bits per heavy atom. The molecule has 0 saturated carbocycles. The first-order valence-corrected chi connectivity index (χ1v) is 3.63. The van der Waals surface area contributed by atoms with Crippen molar-refractivity contribution in [2.75, 3.05) is 0 Å². The van der Waals surface area contributed by atoms with E-state index in [0.29, 0.717) is 0 Å². The van der Waals surface area contributed by atoms with Crippen molar-refractivity contribution in [3.63, 3.8) is 0 Å². The summed E-state index contributed by atoms with van der Waals surface area (Å²) in [5.41, 5.74) is -0.341. The number of aromatic carboxylic acids is 1. The average molecular weight is 258 g/mol. The van der Waals surface area contributed by atoms with Gasteiger partial charge in [0.1, 0.15) is 0 Å². The van der Waals surface area contributed by atoms with Crippen molar-refractivity contribution < 1.29 is 108 Å². The molecule has 16 heavy (non-hydrogen) atoms. The number of benzene rings is 1. The maximum absolute atomic E-state index is 11.1. The molecule has 0 spiro atoms. The van der Waals surface area contributed by atoms with E-state index < -0.39 is 11.9 Å². The number of esters is 1. The smallest absolute Gasteiger partial charge is 1.00 e. The van der Waals surface area contributed by atoms with Crippen LogP contribution < -0.4 is 80.9 Å². The molecule has 0 heterocycles. The summed E-state index contributed by atoms with van der Waals surface area (Å²) in [4.78, 5) is 31.6. The molecule has 0 radical (unpaired) electrons. The largest absolute Gasteiger partial charge is 1.00 e. The fourth-order valence-electron chi connectivity index (χ4n) is 0.955. The van der Waals surface area contributed by atoms with E-state index in [2.05, 4.69) is 4.74 Å². The zero-order valence-corrected chi connectivity index (χ0v) is 14.1. The first-order valence-electron chi connectivity index (χ1n) is 3.63. The Kier molecular flexibility index (Phi) is 11.2. The van der Waals surface area contributed by atoms with Crippen LogP contribution in [0.2, 0.25) is 0 Å². The second kappa shape index (κ2) is 9.49. The number of carbonyl (C=O) groups is 3. The standard InChI is InChI=1S/C9H6O5.K.Na.2H/c10-5-14-9(13)7-4-2-1-3-6(7)8(11)12;;;;/h1-5H,(H,11,12);;;;/q;2*+1;2*-1. The number of hydrogen-bond donors (Lipinski definition) is 1. The van der Waals surface area contributed by atoms with Crippen LogP contribution in [0.5, 0.6) is 0 Å². The Balaban J connectivity index is -0.000000245. The second-order valence-corrected chi connectivity index (χ2v) is 2.35. The third kappa shape index (κ3) is 5.20. The van der Waals surface area contributed by atoms with Crippen LogP contribution in [0.15, 0.2) is 24.3 Å². The minimum Gasteiger partial charge on any atom is -1.00 e.